The summed E-state index contributed by atoms with van der Waals surface area (Å²) < 4.78 is 14.8. The Bertz CT molecular complexity index is 1160. The molecule has 1 heterocycles. The molecular formula is C27H29BrN2O2. The Kier molecular flexibility index (Phi) is 7.18. The van der Waals surface area contributed by atoms with E-state index in [1.807, 2.05) is 6.07 Å². The van der Waals surface area contributed by atoms with Crippen molar-refractivity contribution in [1.82, 2.24) is 9.47 Å². The smallest absolute Gasteiger partial charge is 0.119 e. The first-order valence-corrected chi connectivity index (χ1v) is 11.8. The number of aromatic nitrogens is 1. The molecule has 0 unspecified atom stereocenters. The Balaban J connectivity index is 1.68. The van der Waals surface area contributed by atoms with E-state index in [-0.39, 0.29) is 0 Å². The fourth-order valence-electron chi connectivity index (χ4n) is 3.96. The summed E-state index contributed by atoms with van der Waals surface area (Å²) in [6.07, 6.45) is 0. The highest BCUT2D eigenvalue weighted by Crippen LogP contribution is 2.34. The van der Waals surface area contributed by atoms with Crippen LogP contribution in [-0.2, 0) is 0 Å². The lowest BCUT2D eigenvalue weighted by Gasteiger charge is -2.18. The molecule has 1 aromatic heterocycles. The van der Waals surface area contributed by atoms with Crippen LogP contribution >= 0.6 is 15.9 Å². The Hall–Kier alpha value is -2.76. The zero-order valence-corrected chi connectivity index (χ0v) is 20.4. The van der Waals surface area contributed by atoms with Gasteiger partial charge in [0.05, 0.1) is 18.3 Å². The summed E-state index contributed by atoms with van der Waals surface area (Å²) in [5, 5.41) is 1.14. The van der Waals surface area contributed by atoms with Crippen LogP contribution < -0.4 is 9.47 Å². The fourth-order valence-corrected chi connectivity index (χ4v) is 4.22. The zero-order valence-electron chi connectivity index (χ0n) is 18.8. The van der Waals surface area contributed by atoms with Gasteiger partial charge in [0.25, 0.3) is 0 Å². The summed E-state index contributed by atoms with van der Waals surface area (Å²) in [6.45, 7) is 8.08. The molecule has 166 valence electrons. The monoisotopic (exact) mass is 492 g/mol. The molecule has 0 saturated heterocycles. The van der Waals surface area contributed by atoms with Crippen molar-refractivity contribution in [3.8, 4) is 28.4 Å². The number of fused-ring (bicyclic) bond motifs is 1. The molecule has 4 aromatic rings. The van der Waals surface area contributed by atoms with E-state index in [4.69, 9.17) is 9.47 Å². The second-order valence-corrected chi connectivity index (χ2v) is 8.58. The first kappa shape index (κ1) is 22.4. The first-order chi connectivity index (χ1) is 15.6. The number of halogens is 1. The zero-order chi connectivity index (χ0) is 22.5. The molecule has 0 aliphatic carbocycles. The predicted molar refractivity (Wildman–Crippen MR) is 136 cm³/mol. The molecule has 0 radical (unpaired) electrons. The van der Waals surface area contributed by atoms with E-state index in [1.54, 1.807) is 7.11 Å². The second-order valence-electron chi connectivity index (χ2n) is 7.67. The molecule has 0 aliphatic heterocycles. The van der Waals surface area contributed by atoms with Gasteiger partial charge in [0.15, 0.2) is 0 Å². The van der Waals surface area contributed by atoms with E-state index in [0.29, 0.717) is 6.61 Å². The van der Waals surface area contributed by atoms with Crippen LogP contribution in [0.5, 0.6) is 11.5 Å². The lowest BCUT2D eigenvalue weighted by molar-refractivity contribution is 0.223. The van der Waals surface area contributed by atoms with Crippen LogP contribution in [-0.4, -0.2) is 42.8 Å². The average molecular weight is 493 g/mol. The van der Waals surface area contributed by atoms with Gasteiger partial charge >= 0.3 is 0 Å². The largest absolute Gasteiger partial charge is 0.497 e. The Morgan fingerprint density at radius 2 is 1.53 bits per heavy atom. The van der Waals surface area contributed by atoms with Gasteiger partial charge in [-0.25, -0.2) is 0 Å². The van der Waals surface area contributed by atoms with Gasteiger partial charge in [-0.3, -0.25) is 0 Å². The van der Waals surface area contributed by atoms with Crippen molar-refractivity contribution in [3.63, 3.8) is 0 Å². The highest BCUT2D eigenvalue weighted by molar-refractivity contribution is 9.10. The average Bonchev–Trinajstić information content (AvgIpc) is 3.21. The van der Waals surface area contributed by atoms with Gasteiger partial charge < -0.3 is 18.9 Å². The third kappa shape index (κ3) is 4.84. The molecule has 32 heavy (non-hydrogen) atoms. The van der Waals surface area contributed by atoms with E-state index < -0.39 is 0 Å². The van der Waals surface area contributed by atoms with Gasteiger partial charge in [-0.1, -0.05) is 41.9 Å². The van der Waals surface area contributed by atoms with Crippen molar-refractivity contribution in [2.24, 2.45) is 0 Å². The minimum absolute atomic E-state index is 0.692. The minimum atomic E-state index is 0.692. The Labute approximate surface area is 198 Å². The van der Waals surface area contributed by atoms with Gasteiger partial charge in [-0.05, 0) is 79.3 Å². The van der Waals surface area contributed by atoms with E-state index >= 15 is 0 Å². The van der Waals surface area contributed by atoms with Crippen LogP contribution in [0, 0.1) is 0 Å². The molecule has 4 nitrogen and oxygen atoms in total. The molecule has 0 N–H and O–H groups in total. The van der Waals surface area contributed by atoms with Gasteiger partial charge in [0.2, 0.25) is 0 Å². The maximum atomic E-state index is 5.99. The van der Waals surface area contributed by atoms with Crippen molar-refractivity contribution in [1.29, 1.82) is 0 Å². The summed E-state index contributed by atoms with van der Waals surface area (Å²) in [5.41, 5.74) is 4.52. The summed E-state index contributed by atoms with van der Waals surface area (Å²) in [4.78, 5) is 2.36. The van der Waals surface area contributed by atoms with Crippen molar-refractivity contribution in [2.45, 2.75) is 13.8 Å². The molecule has 0 aliphatic rings. The van der Waals surface area contributed by atoms with Crippen LogP contribution in [0.15, 0.2) is 77.3 Å². The molecule has 0 spiro atoms. The van der Waals surface area contributed by atoms with Gasteiger partial charge in [0.1, 0.15) is 18.1 Å². The third-order valence-electron chi connectivity index (χ3n) is 5.81. The first-order valence-electron chi connectivity index (χ1n) is 11.0. The normalized spacial score (nSPS) is 11.3. The van der Waals surface area contributed by atoms with Crippen molar-refractivity contribution in [2.75, 3.05) is 33.4 Å². The SMILES string of the molecule is CCN(CC)CCOc1ccc(-n2c(-c3ccc(Br)cc3)cc3cc(OC)ccc32)cc1. The number of nitrogens with zero attached hydrogens (tertiary/aromatic N) is 2. The molecule has 0 atom stereocenters. The lowest BCUT2D eigenvalue weighted by Crippen LogP contribution is -2.27. The second kappa shape index (κ2) is 10.2. The number of rotatable bonds is 9. The van der Waals surface area contributed by atoms with Crippen molar-refractivity contribution >= 4 is 26.8 Å². The van der Waals surface area contributed by atoms with Crippen LogP contribution in [0.4, 0.5) is 0 Å². The van der Waals surface area contributed by atoms with Crippen LogP contribution in [0.2, 0.25) is 0 Å². The van der Waals surface area contributed by atoms with Crippen LogP contribution in [0.3, 0.4) is 0 Å². The summed E-state index contributed by atoms with van der Waals surface area (Å²) in [7, 11) is 1.70. The van der Waals surface area contributed by atoms with E-state index in [1.165, 1.54) is 0 Å². The number of likely N-dealkylation sites (N-methyl/N-ethyl adjacent to an activating group) is 1. The van der Waals surface area contributed by atoms with Crippen LogP contribution in [0.1, 0.15) is 13.8 Å². The molecule has 4 rings (SSSR count). The minimum Gasteiger partial charge on any atom is -0.497 e. The molecule has 0 amide bonds. The Morgan fingerprint density at radius 1 is 0.844 bits per heavy atom. The fraction of sp³-hybridized carbons (Fsp3) is 0.259. The van der Waals surface area contributed by atoms with Gasteiger partial charge in [-0.15, -0.1) is 0 Å². The topological polar surface area (TPSA) is 26.6 Å². The number of hydrogen-bond donors (Lipinski definition) is 0. The number of ether oxygens (including phenoxy) is 2. The quantitative estimate of drug-likeness (QED) is 0.257. The number of methoxy groups -OCH3 is 1. The summed E-state index contributed by atoms with van der Waals surface area (Å²) in [5.74, 6) is 1.75. The molecule has 0 fully saturated rings. The van der Waals surface area contributed by atoms with Crippen LogP contribution in [0.25, 0.3) is 27.8 Å². The number of hydrogen-bond acceptors (Lipinski definition) is 3. The maximum absolute atomic E-state index is 5.99. The van der Waals surface area contributed by atoms with E-state index in [2.05, 4.69) is 106 Å². The highest BCUT2D eigenvalue weighted by atomic mass is 79.9. The molecule has 0 bridgehead atoms. The van der Waals surface area contributed by atoms with Gasteiger partial charge in [-0.2, -0.15) is 0 Å². The Morgan fingerprint density at radius 3 is 2.19 bits per heavy atom. The van der Waals surface area contributed by atoms with E-state index in [0.717, 1.165) is 63.5 Å². The molecule has 3 aromatic carbocycles. The highest BCUT2D eigenvalue weighted by Gasteiger charge is 2.13. The van der Waals surface area contributed by atoms with Crippen molar-refractivity contribution < 1.29 is 9.47 Å². The third-order valence-corrected chi connectivity index (χ3v) is 6.34. The lowest BCUT2D eigenvalue weighted by atomic mass is 10.1. The summed E-state index contributed by atoms with van der Waals surface area (Å²) in [6, 6.07) is 25.2. The van der Waals surface area contributed by atoms with E-state index in [9.17, 15) is 0 Å². The maximum Gasteiger partial charge on any atom is 0.119 e. The predicted octanol–water partition coefficient (Wildman–Crippen LogP) is 6.79. The molecular weight excluding hydrogens is 464 g/mol. The molecule has 5 heteroatoms. The van der Waals surface area contributed by atoms with Crippen molar-refractivity contribution in [3.05, 3.63) is 77.3 Å². The number of benzene rings is 3. The summed E-state index contributed by atoms with van der Waals surface area (Å²) >= 11 is 3.54. The molecule has 0 saturated carbocycles. The standard InChI is InChI=1S/C27H29BrN2O2/c1-4-29(5-2)16-17-32-24-12-10-23(11-13-24)30-26-15-14-25(31-3)18-21(26)19-27(30)20-6-8-22(28)9-7-20/h6-15,18-19H,4-5,16-17H2,1-3H3. The van der Waals surface area contributed by atoms with Gasteiger partial charge in [0, 0.05) is 22.1 Å².